The van der Waals surface area contributed by atoms with Crippen molar-refractivity contribution in [2.24, 2.45) is 0 Å². The Hall–Kier alpha value is -3.13. The average molecular weight is 349 g/mol. The van der Waals surface area contributed by atoms with Gasteiger partial charge in [0, 0.05) is 12.1 Å². The second kappa shape index (κ2) is 6.78. The number of H-pyrrole nitrogens is 1. The third kappa shape index (κ3) is 3.38. The zero-order chi connectivity index (χ0) is 17.1. The number of aryl methyl sites for hydroxylation is 1. The van der Waals surface area contributed by atoms with E-state index in [9.17, 15) is 0 Å². The Bertz CT molecular complexity index is 961. The van der Waals surface area contributed by atoms with Crippen LogP contribution in [0.25, 0.3) is 22.5 Å². The fourth-order valence-electron chi connectivity index (χ4n) is 2.55. The van der Waals surface area contributed by atoms with Crippen LogP contribution >= 0.6 is 11.3 Å². The van der Waals surface area contributed by atoms with Crippen LogP contribution in [0.1, 0.15) is 10.6 Å². The van der Waals surface area contributed by atoms with E-state index < -0.39 is 0 Å². The summed E-state index contributed by atoms with van der Waals surface area (Å²) in [7, 11) is 0. The normalized spacial score (nSPS) is 10.8. The predicted octanol–water partition coefficient (Wildman–Crippen LogP) is 3.31. The molecule has 0 bridgehead atoms. The number of hydrogen-bond acceptors (Lipinski definition) is 7. The molecule has 7 nitrogen and oxygen atoms in total. The van der Waals surface area contributed by atoms with Crippen LogP contribution in [0.15, 0.2) is 48.5 Å². The Morgan fingerprint density at radius 2 is 1.76 bits per heavy atom. The molecule has 0 atom stereocenters. The molecule has 0 aliphatic rings. The number of anilines is 1. The lowest BCUT2D eigenvalue weighted by Gasteiger charge is -2.08. The van der Waals surface area contributed by atoms with Gasteiger partial charge in [0.15, 0.2) is 0 Å². The van der Waals surface area contributed by atoms with E-state index in [-0.39, 0.29) is 0 Å². The molecule has 4 aromatic rings. The number of hydrogen-bond donors (Lipinski definition) is 2. The van der Waals surface area contributed by atoms with Crippen LogP contribution in [0.5, 0.6) is 0 Å². The lowest BCUT2D eigenvalue weighted by Crippen LogP contribution is -1.98. The SMILES string of the molecule is Cc1nnc(NCc2ccc(-c3ccccc3-c3nn[nH]n3)cc2)s1. The number of aromatic nitrogens is 6. The first-order chi connectivity index (χ1) is 12.3. The Balaban J connectivity index is 1.55. The van der Waals surface area contributed by atoms with Crippen molar-refractivity contribution in [3.05, 3.63) is 59.1 Å². The number of tetrazole rings is 1. The van der Waals surface area contributed by atoms with Crippen LogP contribution < -0.4 is 5.32 Å². The number of nitrogens with zero attached hydrogens (tertiary/aromatic N) is 5. The van der Waals surface area contributed by atoms with Gasteiger partial charge in [-0.05, 0) is 28.8 Å². The quantitative estimate of drug-likeness (QED) is 0.574. The van der Waals surface area contributed by atoms with Gasteiger partial charge in [-0.2, -0.15) is 5.21 Å². The van der Waals surface area contributed by atoms with Gasteiger partial charge in [0.05, 0.1) is 0 Å². The number of benzene rings is 2. The summed E-state index contributed by atoms with van der Waals surface area (Å²) >= 11 is 1.55. The molecule has 25 heavy (non-hydrogen) atoms. The van der Waals surface area contributed by atoms with Crippen LogP contribution in [0.2, 0.25) is 0 Å². The minimum atomic E-state index is 0.591. The second-order valence-corrected chi connectivity index (χ2v) is 6.64. The van der Waals surface area contributed by atoms with Crippen molar-refractivity contribution in [3.8, 4) is 22.5 Å². The molecular weight excluding hydrogens is 334 g/mol. The zero-order valence-corrected chi connectivity index (χ0v) is 14.3. The van der Waals surface area contributed by atoms with Crippen LogP contribution in [-0.2, 0) is 6.54 Å². The summed E-state index contributed by atoms with van der Waals surface area (Å²) in [4.78, 5) is 0. The summed E-state index contributed by atoms with van der Waals surface area (Å²) < 4.78 is 0. The standard InChI is InChI=1S/C17H15N7S/c1-11-19-22-17(25-11)18-10-12-6-8-13(9-7-12)14-4-2-3-5-15(14)16-20-23-24-21-16/h2-9H,10H2,1H3,(H,18,22)(H,20,21,23,24). The monoisotopic (exact) mass is 349 g/mol. The van der Waals surface area contributed by atoms with Gasteiger partial charge in [-0.1, -0.05) is 59.9 Å². The summed E-state index contributed by atoms with van der Waals surface area (Å²) in [6, 6.07) is 16.4. The largest absolute Gasteiger partial charge is 0.356 e. The van der Waals surface area contributed by atoms with E-state index in [1.807, 2.05) is 25.1 Å². The molecular formula is C17H15N7S. The Morgan fingerprint density at radius 1 is 0.960 bits per heavy atom. The molecule has 0 amide bonds. The van der Waals surface area contributed by atoms with E-state index in [1.165, 1.54) is 5.56 Å². The van der Waals surface area contributed by atoms with Gasteiger partial charge >= 0.3 is 0 Å². The number of rotatable bonds is 5. The molecule has 0 aliphatic heterocycles. The fraction of sp³-hybridized carbons (Fsp3) is 0.118. The summed E-state index contributed by atoms with van der Waals surface area (Å²) in [6.07, 6.45) is 0. The maximum absolute atomic E-state index is 4.09. The van der Waals surface area contributed by atoms with E-state index in [0.29, 0.717) is 12.4 Å². The fourth-order valence-corrected chi connectivity index (χ4v) is 3.14. The molecule has 2 aromatic heterocycles. The molecule has 2 heterocycles. The molecule has 0 spiro atoms. The Labute approximate surface area is 148 Å². The van der Waals surface area contributed by atoms with Gasteiger partial charge < -0.3 is 5.32 Å². The van der Waals surface area contributed by atoms with Gasteiger partial charge in [0.1, 0.15) is 5.01 Å². The van der Waals surface area contributed by atoms with Crippen LogP contribution in [-0.4, -0.2) is 30.8 Å². The molecule has 4 rings (SSSR count). The van der Waals surface area contributed by atoms with E-state index >= 15 is 0 Å². The first kappa shape index (κ1) is 15.4. The van der Waals surface area contributed by atoms with Crippen molar-refractivity contribution in [1.82, 2.24) is 30.8 Å². The Morgan fingerprint density at radius 3 is 2.44 bits per heavy atom. The topological polar surface area (TPSA) is 92.3 Å². The summed E-state index contributed by atoms with van der Waals surface area (Å²) in [5.74, 6) is 0.591. The van der Waals surface area contributed by atoms with Gasteiger partial charge in [0.2, 0.25) is 11.0 Å². The first-order valence-electron chi connectivity index (χ1n) is 7.76. The van der Waals surface area contributed by atoms with Gasteiger partial charge in [-0.3, -0.25) is 0 Å². The van der Waals surface area contributed by atoms with Crippen LogP contribution in [0.4, 0.5) is 5.13 Å². The van der Waals surface area contributed by atoms with Crippen molar-refractivity contribution in [3.63, 3.8) is 0 Å². The average Bonchev–Trinajstić information content (AvgIpc) is 3.32. The Kier molecular flexibility index (Phi) is 4.17. The molecule has 0 unspecified atom stereocenters. The van der Waals surface area contributed by atoms with Gasteiger partial charge in [-0.15, -0.1) is 20.4 Å². The van der Waals surface area contributed by atoms with Crippen LogP contribution in [0.3, 0.4) is 0 Å². The summed E-state index contributed by atoms with van der Waals surface area (Å²) in [5.41, 5.74) is 4.30. The zero-order valence-electron chi connectivity index (χ0n) is 13.5. The third-order valence-electron chi connectivity index (χ3n) is 3.75. The van der Waals surface area contributed by atoms with Crippen molar-refractivity contribution < 1.29 is 0 Å². The van der Waals surface area contributed by atoms with Crippen molar-refractivity contribution in [2.45, 2.75) is 13.5 Å². The molecule has 2 aromatic carbocycles. The van der Waals surface area contributed by atoms with Gasteiger partial charge in [-0.25, -0.2) is 0 Å². The summed E-state index contributed by atoms with van der Waals surface area (Å²) in [5, 5.41) is 27.5. The second-order valence-electron chi connectivity index (χ2n) is 5.46. The van der Waals surface area contributed by atoms with Crippen molar-refractivity contribution in [1.29, 1.82) is 0 Å². The summed E-state index contributed by atoms with van der Waals surface area (Å²) in [6.45, 7) is 2.65. The highest BCUT2D eigenvalue weighted by atomic mass is 32.1. The molecule has 0 saturated heterocycles. The number of nitrogens with one attached hydrogen (secondary N) is 2. The molecule has 8 heteroatoms. The van der Waals surface area contributed by atoms with Gasteiger partial charge in [0.25, 0.3) is 0 Å². The minimum Gasteiger partial charge on any atom is -0.356 e. The highest BCUT2D eigenvalue weighted by Gasteiger charge is 2.10. The maximum atomic E-state index is 4.09. The highest BCUT2D eigenvalue weighted by molar-refractivity contribution is 7.15. The van der Waals surface area contributed by atoms with E-state index in [0.717, 1.165) is 26.8 Å². The molecule has 0 fully saturated rings. The predicted molar refractivity (Wildman–Crippen MR) is 97.0 cm³/mol. The highest BCUT2D eigenvalue weighted by Crippen LogP contribution is 2.29. The van der Waals surface area contributed by atoms with E-state index in [2.05, 4.69) is 66.5 Å². The first-order valence-corrected chi connectivity index (χ1v) is 8.57. The van der Waals surface area contributed by atoms with Crippen molar-refractivity contribution in [2.75, 3.05) is 5.32 Å². The van der Waals surface area contributed by atoms with E-state index in [1.54, 1.807) is 11.3 Å². The van der Waals surface area contributed by atoms with Crippen molar-refractivity contribution >= 4 is 16.5 Å². The van der Waals surface area contributed by atoms with Crippen LogP contribution in [0, 0.1) is 6.92 Å². The molecule has 2 N–H and O–H groups in total. The lowest BCUT2D eigenvalue weighted by molar-refractivity contribution is 0.881. The molecule has 0 aliphatic carbocycles. The molecule has 124 valence electrons. The van der Waals surface area contributed by atoms with E-state index in [4.69, 9.17) is 0 Å². The maximum Gasteiger partial charge on any atom is 0.205 e. The lowest BCUT2D eigenvalue weighted by atomic mass is 9.98. The minimum absolute atomic E-state index is 0.591. The molecule has 0 saturated carbocycles. The smallest absolute Gasteiger partial charge is 0.205 e. The number of aromatic amines is 1. The molecule has 0 radical (unpaired) electrons. The third-order valence-corrected chi connectivity index (χ3v) is 4.54.